The molecular formula is C13H15N3O2. The molecule has 1 fully saturated rings. The highest BCUT2D eigenvalue weighted by Gasteiger charge is 2.23. The van der Waals surface area contributed by atoms with Crippen LogP contribution in [0.3, 0.4) is 0 Å². The molecule has 1 atom stereocenters. The minimum Gasteiger partial charge on any atom is -0.381 e. The predicted molar refractivity (Wildman–Crippen MR) is 65.8 cm³/mol. The van der Waals surface area contributed by atoms with Gasteiger partial charge in [0.05, 0.1) is 6.61 Å². The second kappa shape index (κ2) is 4.88. The van der Waals surface area contributed by atoms with Gasteiger partial charge in [-0.25, -0.2) is 0 Å². The van der Waals surface area contributed by atoms with Gasteiger partial charge in [0, 0.05) is 24.6 Å². The summed E-state index contributed by atoms with van der Waals surface area (Å²) in [7, 11) is 0. The molecule has 0 amide bonds. The Labute approximate surface area is 105 Å². The number of hydrogen-bond acceptors (Lipinski definition) is 5. The minimum atomic E-state index is 0.269. The Bertz CT molecular complexity index is 515. The average molecular weight is 245 g/mol. The molecule has 18 heavy (non-hydrogen) atoms. The van der Waals surface area contributed by atoms with E-state index in [2.05, 4.69) is 10.1 Å². The fourth-order valence-electron chi connectivity index (χ4n) is 2.04. The van der Waals surface area contributed by atoms with E-state index in [9.17, 15) is 0 Å². The zero-order valence-corrected chi connectivity index (χ0v) is 10.0. The van der Waals surface area contributed by atoms with Crippen molar-refractivity contribution in [3.8, 4) is 11.5 Å². The van der Waals surface area contributed by atoms with Crippen LogP contribution in [0.4, 0.5) is 0 Å². The molecule has 2 aromatic rings. The third kappa shape index (κ3) is 2.14. The highest BCUT2D eigenvalue weighted by atomic mass is 16.5. The molecule has 5 heteroatoms. The van der Waals surface area contributed by atoms with E-state index >= 15 is 0 Å². The molecule has 0 spiro atoms. The monoisotopic (exact) mass is 245 g/mol. The number of hydrogen-bond donors (Lipinski definition) is 1. The normalized spacial score (nSPS) is 19.3. The van der Waals surface area contributed by atoms with Crippen molar-refractivity contribution in [3.05, 3.63) is 35.7 Å². The van der Waals surface area contributed by atoms with Crippen LogP contribution >= 0.6 is 0 Å². The van der Waals surface area contributed by atoms with Crippen LogP contribution in [-0.4, -0.2) is 23.4 Å². The van der Waals surface area contributed by atoms with Crippen LogP contribution in [0.2, 0.25) is 0 Å². The molecule has 1 aromatic heterocycles. The van der Waals surface area contributed by atoms with E-state index in [1.807, 2.05) is 24.3 Å². The molecule has 1 unspecified atom stereocenters. The first-order chi connectivity index (χ1) is 8.86. The van der Waals surface area contributed by atoms with Crippen molar-refractivity contribution >= 4 is 0 Å². The number of nitrogens with zero attached hydrogens (tertiary/aromatic N) is 2. The number of rotatable bonds is 3. The van der Waals surface area contributed by atoms with E-state index in [1.54, 1.807) is 0 Å². The number of benzene rings is 1. The molecule has 94 valence electrons. The summed E-state index contributed by atoms with van der Waals surface area (Å²) in [5.41, 5.74) is 7.57. The Morgan fingerprint density at radius 3 is 2.78 bits per heavy atom. The van der Waals surface area contributed by atoms with E-state index in [0.717, 1.165) is 30.0 Å². The van der Waals surface area contributed by atoms with Crippen LogP contribution in [0.25, 0.3) is 11.5 Å². The SMILES string of the molecule is NCc1ccc(-c2nc(C3CCOC3)no2)cc1. The van der Waals surface area contributed by atoms with Crippen molar-refractivity contribution in [2.24, 2.45) is 5.73 Å². The van der Waals surface area contributed by atoms with E-state index in [1.165, 1.54) is 0 Å². The lowest BCUT2D eigenvalue weighted by Gasteiger charge is -1.98. The molecule has 0 bridgehead atoms. The maximum atomic E-state index is 5.56. The van der Waals surface area contributed by atoms with Crippen molar-refractivity contribution in [2.75, 3.05) is 13.2 Å². The van der Waals surface area contributed by atoms with Crippen LogP contribution in [0.5, 0.6) is 0 Å². The van der Waals surface area contributed by atoms with Gasteiger partial charge in [0.1, 0.15) is 0 Å². The fourth-order valence-corrected chi connectivity index (χ4v) is 2.04. The molecule has 1 saturated heterocycles. The van der Waals surface area contributed by atoms with Crippen LogP contribution in [0.1, 0.15) is 23.7 Å². The second-order valence-corrected chi connectivity index (χ2v) is 4.42. The Kier molecular flexibility index (Phi) is 3.08. The second-order valence-electron chi connectivity index (χ2n) is 4.42. The summed E-state index contributed by atoms with van der Waals surface area (Å²) in [4.78, 5) is 4.43. The van der Waals surface area contributed by atoms with Gasteiger partial charge in [-0.1, -0.05) is 17.3 Å². The van der Waals surface area contributed by atoms with Crippen LogP contribution < -0.4 is 5.73 Å². The average Bonchev–Trinajstić information content (AvgIpc) is 3.09. The van der Waals surface area contributed by atoms with E-state index in [-0.39, 0.29) is 5.92 Å². The molecule has 2 heterocycles. The topological polar surface area (TPSA) is 74.2 Å². The standard InChI is InChI=1S/C13H15N3O2/c14-7-9-1-3-10(4-2-9)13-15-12(16-18-13)11-5-6-17-8-11/h1-4,11H,5-8,14H2. The van der Waals surface area contributed by atoms with Gasteiger partial charge in [-0.3, -0.25) is 0 Å². The van der Waals surface area contributed by atoms with E-state index < -0.39 is 0 Å². The highest BCUT2D eigenvalue weighted by molar-refractivity contribution is 5.53. The number of aromatic nitrogens is 2. The Morgan fingerprint density at radius 2 is 2.11 bits per heavy atom. The predicted octanol–water partition coefficient (Wildman–Crippen LogP) is 1.70. The summed E-state index contributed by atoms with van der Waals surface area (Å²) >= 11 is 0. The van der Waals surface area contributed by atoms with Gasteiger partial charge in [-0.15, -0.1) is 0 Å². The molecular weight excluding hydrogens is 230 g/mol. The van der Waals surface area contributed by atoms with Crippen molar-refractivity contribution in [2.45, 2.75) is 18.9 Å². The summed E-state index contributed by atoms with van der Waals surface area (Å²) in [6.07, 6.45) is 0.963. The highest BCUT2D eigenvalue weighted by Crippen LogP contribution is 2.25. The molecule has 2 N–H and O–H groups in total. The van der Waals surface area contributed by atoms with Gasteiger partial charge >= 0.3 is 0 Å². The molecule has 0 radical (unpaired) electrons. The minimum absolute atomic E-state index is 0.269. The molecule has 0 aliphatic carbocycles. The maximum absolute atomic E-state index is 5.56. The summed E-state index contributed by atoms with van der Waals surface area (Å²) in [5, 5.41) is 4.03. The van der Waals surface area contributed by atoms with Crippen molar-refractivity contribution in [1.82, 2.24) is 10.1 Å². The zero-order chi connectivity index (χ0) is 12.4. The third-order valence-electron chi connectivity index (χ3n) is 3.17. The van der Waals surface area contributed by atoms with Gasteiger partial charge in [0.25, 0.3) is 5.89 Å². The first kappa shape index (κ1) is 11.4. The Morgan fingerprint density at radius 1 is 1.28 bits per heavy atom. The largest absolute Gasteiger partial charge is 0.381 e. The molecule has 3 rings (SSSR count). The summed E-state index contributed by atoms with van der Waals surface area (Å²) in [5.74, 6) is 1.57. The summed E-state index contributed by atoms with van der Waals surface area (Å²) < 4.78 is 10.6. The van der Waals surface area contributed by atoms with Crippen molar-refractivity contribution < 1.29 is 9.26 Å². The Balaban J connectivity index is 1.82. The molecule has 1 aromatic carbocycles. The molecule has 1 aliphatic heterocycles. The number of ether oxygens (including phenoxy) is 1. The first-order valence-electron chi connectivity index (χ1n) is 6.07. The summed E-state index contributed by atoms with van der Waals surface area (Å²) in [6.45, 7) is 2.00. The van der Waals surface area contributed by atoms with Gasteiger partial charge in [0.15, 0.2) is 5.82 Å². The summed E-state index contributed by atoms with van der Waals surface area (Å²) in [6, 6.07) is 7.84. The molecule has 1 aliphatic rings. The van der Waals surface area contributed by atoms with Gasteiger partial charge in [-0.05, 0) is 24.1 Å². The van der Waals surface area contributed by atoms with Crippen molar-refractivity contribution in [1.29, 1.82) is 0 Å². The number of nitrogens with two attached hydrogens (primary N) is 1. The molecule has 0 saturated carbocycles. The van der Waals surface area contributed by atoms with Gasteiger partial charge < -0.3 is 15.0 Å². The molecule has 5 nitrogen and oxygen atoms in total. The van der Waals surface area contributed by atoms with E-state index in [0.29, 0.717) is 19.0 Å². The van der Waals surface area contributed by atoms with Gasteiger partial charge in [-0.2, -0.15) is 4.98 Å². The lowest BCUT2D eigenvalue weighted by Crippen LogP contribution is -1.99. The van der Waals surface area contributed by atoms with Crippen molar-refractivity contribution in [3.63, 3.8) is 0 Å². The van der Waals surface area contributed by atoms with Gasteiger partial charge in [0.2, 0.25) is 0 Å². The van der Waals surface area contributed by atoms with Crippen LogP contribution in [-0.2, 0) is 11.3 Å². The zero-order valence-electron chi connectivity index (χ0n) is 10.0. The first-order valence-corrected chi connectivity index (χ1v) is 6.07. The van der Waals surface area contributed by atoms with Crippen LogP contribution in [0.15, 0.2) is 28.8 Å². The smallest absolute Gasteiger partial charge is 0.257 e. The fraction of sp³-hybridized carbons (Fsp3) is 0.385. The Hall–Kier alpha value is -1.72. The quantitative estimate of drug-likeness (QED) is 0.890. The lowest BCUT2D eigenvalue weighted by molar-refractivity contribution is 0.192. The van der Waals surface area contributed by atoms with E-state index in [4.69, 9.17) is 15.0 Å². The third-order valence-corrected chi connectivity index (χ3v) is 3.17. The van der Waals surface area contributed by atoms with Crippen LogP contribution in [0, 0.1) is 0 Å². The maximum Gasteiger partial charge on any atom is 0.257 e. The lowest BCUT2D eigenvalue weighted by atomic mass is 10.1.